The molecule has 12 heavy (non-hydrogen) atoms. The van der Waals surface area contributed by atoms with Crippen molar-refractivity contribution in [2.45, 2.75) is 25.3 Å². The van der Waals surface area contributed by atoms with Crippen LogP contribution in [0.5, 0.6) is 0 Å². The first kappa shape index (κ1) is 14.7. The molecule has 0 aromatic rings. The second-order valence-corrected chi connectivity index (χ2v) is 3.61. The molecule has 0 aromatic carbocycles. The molecule has 1 unspecified atom stereocenters. The molecule has 0 amide bonds. The minimum Gasteiger partial charge on any atom is -0.363 e. The quantitative estimate of drug-likeness (QED) is 0.600. The summed E-state index contributed by atoms with van der Waals surface area (Å²) in [4.78, 5) is 0. The molecular formula is C9H20BrNO. The normalized spacial score (nSPS) is 11.4. The zero-order valence-corrected chi connectivity index (χ0v) is 10.1. The van der Waals surface area contributed by atoms with Gasteiger partial charge in [-0.1, -0.05) is 35.0 Å². The molecule has 0 rings (SSSR count). The third-order valence-corrected chi connectivity index (χ3v) is 1.74. The van der Waals surface area contributed by atoms with Crippen LogP contribution in [-0.2, 0) is 4.74 Å². The molecule has 74 valence electrons. The van der Waals surface area contributed by atoms with E-state index >= 15 is 0 Å². The highest BCUT2D eigenvalue weighted by atomic mass is 79.9. The van der Waals surface area contributed by atoms with Gasteiger partial charge in [-0.3, -0.25) is 0 Å². The molecule has 0 aliphatic rings. The molecule has 0 spiro atoms. The molecule has 0 saturated heterocycles. The molecule has 2 nitrogen and oxygen atoms in total. The lowest BCUT2D eigenvalue weighted by Crippen LogP contribution is -2.03. The Kier molecular flexibility index (Phi) is 13.6. The average Bonchev–Trinajstić information content (AvgIpc) is 2.01. The van der Waals surface area contributed by atoms with E-state index in [1.54, 1.807) is 0 Å². The summed E-state index contributed by atoms with van der Waals surface area (Å²) in [6.07, 6.45) is 0.993. The fourth-order valence-corrected chi connectivity index (χ4v) is 0.483. The number of hydrogen-bond acceptors (Lipinski definition) is 2. The predicted octanol–water partition coefficient (Wildman–Crippen LogP) is 2.55. The summed E-state index contributed by atoms with van der Waals surface area (Å²) in [7, 11) is 3.75. The van der Waals surface area contributed by atoms with Gasteiger partial charge >= 0.3 is 0 Å². The molecule has 0 heterocycles. The summed E-state index contributed by atoms with van der Waals surface area (Å²) in [5, 5.41) is 2.94. The van der Waals surface area contributed by atoms with Crippen molar-refractivity contribution >= 4 is 15.9 Å². The van der Waals surface area contributed by atoms with E-state index in [1.807, 2.05) is 21.0 Å². The Morgan fingerprint density at radius 1 is 1.58 bits per heavy atom. The highest BCUT2D eigenvalue weighted by Gasteiger charge is 1.97. The Bertz CT molecular complexity index is 107. The summed E-state index contributed by atoms with van der Waals surface area (Å²) in [5.74, 6) is 0. The van der Waals surface area contributed by atoms with Gasteiger partial charge in [0.25, 0.3) is 0 Å². The zero-order chi connectivity index (χ0) is 9.98. The third kappa shape index (κ3) is 16.6. The van der Waals surface area contributed by atoms with Crippen LogP contribution in [0.2, 0.25) is 0 Å². The lowest BCUT2D eigenvalue weighted by molar-refractivity contribution is 0.136. The molecule has 0 aromatic heterocycles. The van der Waals surface area contributed by atoms with Gasteiger partial charge in [-0.15, -0.1) is 0 Å². The Hall–Kier alpha value is 0.140. The SMILES string of the molecule is C=C(C)COC(Br)CC.CNC. The van der Waals surface area contributed by atoms with E-state index in [0.29, 0.717) is 6.61 Å². The van der Waals surface area contributed by atoms with Crippen molar-refractivity contribution < 1.29 is 4.74 Å². The van der Waals surface area contributed by atoms with E-state index in [0.717, 1.165) is 12.0 Å². The van der Waals surface area contributed by atoms with Crippen LogP contribution in [0, 0.1) is 0 Å². The third-order valence-electron chi connectivity index (χ3n) is 0.832. The van der Waals surface area contributed by atoms with E-state index in [9.17, 15) is 0 Å². The van der Waals surface area contributed by atoms with Crippen molar-refractivity contribution in [1.29, 1.82) is 0 Å². The summed E-state index contributed by atoms with van der Waals surface area (Å²) >= 11 is 3.34. The summed E-state index contributed by atoms with van der Waals surface area (Å²) in [6, 6.07) is 0. The molecule has 0 saturated carbocycles. The smallest absolute Gasteiger partial charge is 0.112 e. The molecule has 0 radical (unpaired) electrons. The molecule has 0 bridgehead atoms. The highest BCUT2D eigenvalue weighted by molar-refractivity contribution is 9.09. The van der Waals surface area contributed by atoms with Crippen LogP contribution in [0.25, 0.3) is 0 Å². The van der Waals surface area contributed by atoms with E-state index in [1.165, 1.54) is 0 Å². The van der Waals surface area contributed by atoms with Gasteiger partial charge in [-0.2, -0.15) is 0 Å². The highest BCUT2D eigenvalue weighted by Crippen LogP contribution is 2.06. The molecule has 1 atom stereocenters. The number of rotatable bonds is 4. The van der Waals surface area contributed by atoms with E-state index < -0.39 is 0 Å². The zero-order valence-electron chi connectivity index (χ0n) is 8.48. The maximum atomic E-state index is 5.27. The van der Waals surface area contributed by atoms with Gasteiger partial charge < -0.3 is 10.1 Å². The van der Waals surface area contributed by atoms with Crippen LogP contribution in [-0.4, -0.2) is 25.7 Å². The van der Waals surface area contributed by atoms with E-state index in [2.05, 4.69) is 34.7 Å². The van der Waals surface area contributed by atoms with Crippen LogP contribution in [0.3, 0.4) is 0 Å². The van der Waals surface area contributed by atoms with Crippen LogP contribution in [0.1, 0.15) is 20.3 Å². The topological polar surface area (TPSA) is 21.3 Å². The molecule has 3 heteroatoms. The number of halogens is 1. The maximum Gasteiger partial charge on any atom is 0.112 e. The van der Waals surface area contributed by atoms with Gasteiger partial charge in [0.15, 0.2) is 0 Å². The number of ether oxygens (including phenoxy) is 1. The van der Waals surface area contributed by atoms with Crippen molar-refractivity contribution in [2.24, 2.45) is 0 Å². The summed E-state index contributed by atoms with van der Waals surface area (Å²) in [6.45, 7) is 8.39. The average molecular weight is 238 g/mol. The van der Waals surface area contributed by atoms with Crippen LogP contribution in [0.4, 0.5) is 0 Å². The van der Waals surface area contributed by atoms with Gasteiger partial charge in [-0.25, -0.2) is 0 Å². The number of nitrogens with one attached hydrogen (secondary N) is 1. The van der Waals surface area contributed by atoms with Crippen molar-refractivity contribution in [3.63, 3.8) is 0 Å². The molecular weight excluding hydrogens is 218 g/mol. The Balaban J connectivity index is 0. The maximum absolute atomic E-state index is 5.27. The Labute approximate surface area is 84.5 Å². The van der Waals surface area contributed by atoms with Crippen molar-refractivity contribution in [1.82, 2.24) is 5.32 Å². The van der Waals surface area contributed by atoms with Crippen LogP contribution in [0.15, 0.2) is 12.2 Å². The van der Waals surface area contributed by atoms with Gasteiger partial charge in [0, 0.05) is 0 Å². The van der Waals surface area contributed by atoms with Gasteiger partial charge in [0.2, 0.25) is 0 Å². The Morgan fingerprint density at radius 2 is 2.00 bits per heavy atom. The van der Waals surface area contributed by atoms with Crippen molar-refractivity contribution in [3.05, 3.63) is 12.2 Å². The summed E-state index contributed by atoms with van der Waals surface area (Å²) < 4.78 is 5.27. The van der Waals surface area contributed by atoms with Crippen molar-refractivity contribution in [2.75, 3.05) is 20.7 Å². The monoisotopic (exact) mass is 237 g/mol. The lowest BCUT2D eigenvalue weighted by Gasteiger charge is -2.07. The van der Waals surface area contributed by atoms with Gasteiger partial charge in [0.05, 0.1) is 6.61 Å². The minimum absolute atomic E-state index is 0.189. The van der Waals surface area contributed by atoms with Crippen LogP contribution < -0.4 is 5.32 Å². The second kappa shape index (κ2) is 11.1. The molecule has 1 N–H and O–H groups in total. The lowest BCUT2D eigenvalue weighted by atomic mass is 10.4. The fourth-order valence-electron chi connectivity index (χ4n) is 0.351. The molecule has 0 fully saturated rings. The molecule has 0 aliphatic heterocycles. The number of hydrogen-bond donors (Lipinski definition) is 1. The van der Waals surface area contributed by atoms with Gasteiger partial charge in [0.1, 0.15) is 5.01 Å². The van der Waals surface area contributed by atoms with Gasteiger partial charge in [-0.05, 0) is 27.4 Å². The Morgan fingerprint density at radius 3 is 2.25 bits per heavy atom. The second-order valence-electron chi connectivity index (χ2n) is 2.59. The van der Waals surface area contributed by atoms with Crippen LogP contribution >= 0.6 is 15.9 Å². The van der Waals surface area contributed by atoms with E-state index in [4.69, 9.17) is 4.74 Å². The first-order valence-electron chi connectivity index (χ1n) is 4.07. The molecule has 0 aliphatic carbocycles. The predicted molar refractivity (Wildman–Crippen MR) is 58.8 cm³/mol. The van der Waals surface area contributed by atoms with E-state index in [-0.39, 0.29) is 5.01 Å². The standard InChI is InChI=1S/C7H13BrO.C2H7N/c1-4-7(8)9-5-6(2)3;1-3-2/h7H,2,4-5H2,1,3H3;3H,1-2H3. The first-order valence-corrected chi connectivity index (χ1v) is 4.98. The first-order chi connectivity index (χ1) is 5.58. The number of alkyl halides is 1. The fraction of sp³-hybridized carbons (Fsp3) is 0.778. The largest absolute Gasteiger partial charge is 0.363 e. The minimum atomic E-state index is 0.189. The van der Waals surface area contributed by atoms with Crippen molar-refractivity contribution in [3.8, 4) is 0 Å². The summed E-state index contributed by atoms with van der Waals surface area (Å²) in [5.41, 5.74) is 1.06.